The fraction of sp³-hybridized carbons (Fsp3) is 0.375. The molecule has 2 aromatic rings. The molecule has 0 saturated carbocycles. The number of anilines is 1. The van der Waals surface area contributed by atoms with Crippen LogP contribution in [0.5, 0.6) is 5.75 Å². The van der Waals surface area contributed by atoms with Crippen molar-refractivity contribution in [2.75, 3.05) is 5.73 Å². The molecule has 108 valence electrons. The lowest BCUT2D eigenvalue weighted by Crippen LogP contribution is -2.18. The Kier molecular flexibility index (Phi) is 5.04. The second-order valence-electron chi connectivity index (χ2n) is 5.14. The van der Waals surface area contributed by atoms with Crippen molar-refractivity contribution < 1.29 is 4.74 Å². The third-order valence-electron chi connectivity index (χ3n) is 3.08. The third kappa shape index (κ3) is 3.99. The summed E-state index contributed by atoms with van der Waals surface area (Å²) in [6, 6.07) is 10.4. The molecule has 1 atom stereocenters. The number of nitrogen functional groups attached to an aromatic ring is 1. The molecule has 0 saturated heterocycles. The van der Waals surface area contributed by atoms with E-state index in [4.69, 9.17) is 10.5 Å². The Hall–Kier alpha value is -1.52. The van der Waals surface area contributed by atoms with Gasteiger partial charge in [-0.25, -0.2) is 0 Å². The molecular weight excluding hydrogens is 268 g/mol. The second-order valence-corrected chi connectivity index (χ2v) is 6.14. The zero-order valence-electron chi connectivity index (χ0n) is 12.2. The average molecular weight is 290 g/mol. The summed E-state index contributed by atoms with van der Waals surface area (Å²) >= 11 is 1.69. The molecule has 3 N–H and O–H groups in total. The molecule has 0 amide bonds. The van der Waals surface area contributed by atoms with E-state index in [9.17, 15) is 0 Å². The number of thiophene rings is 1. The molecule has 3 nitrogen and oxygen atoms in total. The zero-order chi connectivity index (χ0) is 14.5. The smallest absolute Gasteiger partial charge is 0.120 e. The van der Waals surface area contributed by atoms with Crippen LogP contribution in [0, 0.1) is 0 Å². The molecule has 1 aromatic heterocycles. The van der Waals surface area contributed by atoms with Crippen LogP contribution in [0.15, 0.2) is 35.7 Å². The van der Waals surface area contributed by atoms with Crippen molar-refractivity contribution in [3.8, 4) is 5.75 Å². The summed E-state index contributed by atoms with van der Waals surface area (Å²) in [6.45, 7) is 7.01. The molecule has 2 rings (SSSR count). The van der Waals surface area contributed by atoms with E-state index in [2.05, 4.69) is 24.4 Å². The Labute approximate surface area is 124 Å². The van der Waals surface area contributed by atoms with Gasteiger partial charge in [0, 0.05) is 23.2 Å². The average Bonchev–Trinajstić information content (AvgIpc) is 2.81. The topological polar surface area (TPSA) is 47.3 Å². The summed E-state index contributed by atoms with van der Waals surface area (Å²) in [7, 11) is 0. The van der Waals surface area contributed by atoms with Gasteiger partial charge in [-0.1, -0.05) is 12.1 Å². The monoisotopic (exact) mass is 290 g/mol. The van der Waals surface area contributed by atoms with Gasteiger partial charge in [0.25, 0.3) is 0 Å². The summed E-state index contributed by atoms with van der Waals surface area (Å²) in [6.07, 6.45) is 0.194. The van der Waals surface area contributed by atoms with Gasteiger partial charge in [-0.05, 0) is 49.9 Å². The first kappa shape index (κ1) is 14.9. The second kappa shape index (κ2) is 6.77. The van der Waals surface area contributed by atoms with E-state index >= 15 is 0 Å². The number of hydrogen-bond acceptors (Lipinski definition) is 4. The molecule has 1 aromatic carbocycles. The minimum Gasteiger partial charge on any atom is -0.491 e. The number of ether oxygens (including phenoxy) is 1. The minimum absolute atomic E-state index is 0.194. The van der Waals surface area contributed by atoms with E-state index in [0.29, 0.717) is 0 Å². The quantitative estimate of drug-likeness (QED) is 0.846. The van der Waals surface area contributed by atoms with E-state index in [0.717, 1.165) is 18.0 Å². The lowest BCUT2D eigenvalue weighted by atomic mass is 10.1. The first-order chi connectivity index (χ1) is 9.56. The predicted molar refractivity (Wildman–Crippen MR) is 86.2 cm³/mol. The molecule has 0 fully saturated rings. The summed E-state index contributed by atoms with van der Waals surface area (Å²) in [4.78, 5) is 1.19. The predicted octanol–water partition coefficient (Wildman–Crippen LogP) is 3.97. The van der Waals surface area contributed by atoms with Gasteiger partial charge < -0.3 is 15.8 Å². The highest BCUT2D eigenvalue weighted by Gasteiger charge is 2.08. The maximum absolute atomic E-state index is 5.89. The third-order valence-corrected chi connectivity index (χ3v) is 4.02. The lowest BCUT2D eigenvalue weighted by molar-refractivity contribution is 0.242. The van der Waals surface area contributed by atoms with Crippen LogP contribution in [0.1, 0.15) is 37.3 Å². The van der Waals surface area contributed by atoms with Crippen molar-refractivity contribution >= 4 is 17.0 Å². The number of nitrogens with one attached hydrogen (secondary N) is 1. The zero-order valence-corrected chi connectivity index (χ0v) is 13.0. The van der Waals surface area contributed by atoms with E-state index in [1.165, 1.54) is 10.4 Å². The molecule has 4 heteroatoms. The number of hydrogen-bond donors (Lipinski definition) is 2. The van der Waals surface area contributed by atoms with Gasteiger partial charge >= 0.3 is 0 Å². The van der Waals surface area contributed by atoms with Crippen LogP contribution < -0.4 is 15.8 Å². The van der Waals surface area contributed by atoms with Crippen LogP contribution >= 0.6 is 11.3 Å². The van der Waals surface area contributed by atoms with Crippen molar-refractivity contribution in [2.24, 2.45) is 0 Å². The Morgan fingerprint density at radius 3 is 2.70 bits per heavy atom. The molecule has 20 heavy (non-hydrogen) atoms. The van der Waals surface area contributed by atoms with Gasteiger partial charge in [0.1, 0.15) is 5.75 Å². The first-order valence-corrected chi connectivity index (χ1v) is 7.76. The largest absolute Gasteiger partial charge is 0.491 e. The van der Waals surface area contributed by atoms with Crippen LogP contribution in [0.2, 0.25) is 0 Å². The highest BCUT2D eigenvalue weighted by Crippen LogP contribution is 2.22. The SMILES string of the molecule is CC(C)Oc1cccc(C(C)NCc2sccc2N)c1. The van der Waals surface area contributed by atoms with Crippen LogP contribution in [0.25, 0.3) is 0 Å². The molecule has 0 aliphatic rings. The summed E-state index contributed by atoms with van der Waals surface area (Å²) in [5.41, 5.74) is 7.98. The number of benzene rings is 1. The van der Waals surface area contributed by atoms with Crippen LogP contribution in [0.4, 0.5) is 5.69 Å². The highest BCUT2D eigenvalue weighted by molar-refractivity contribution is 7.10. The minimum atomic E-state index is 0.194. The van der Waals surface area contributed by atoms with Crippen molar-refractivity contribution in [2.45, 2.75) is 39.5 Å². The molecule has 1 unspecified atom stereocenters. The Morgan fingerprint density at radius 2 is 2.05 bits per heavy atom. The fourth-order valence-electron chi connectivity index (χ4n) is 1.99. The van der Waals surface area contributed by atoms with Crippen molar-refractivity contribution in [3.05, 3.63) is 46.2 Å². The molecule has 0 aliphatic heterocycles. The molecule has 0 spiro atoms. The van der Waals surface area contributed by atoms with Crippen LogP contribution in [-0.2, 0) is 6.54 Å². The first-order valence-electron chi connectivity index (χ1n) is 6.88. The normalized spacial score (nSPS) is 12.6. The standard InChI is InChI=1S/C16H22N2OS/c1-11(2)19-14-6-4-5-13(9-14)12(3)18-10-16-15(17)7-8-20-16/h4-9,11-12,18H,10,17H2,1-3H3. The van der Waals surface area contributed by atoms with Crippen molar-refractivity contribution in [1.82, 2.24) is 5.32 Å². The molecular formula is C16H22N2OS. The van der Waals surface area contributed by atoms with Gasteiger partial charge in [-0.3, -0.25) is 0 Å². The highest BCUT2D eigenvalue weighted by atomic mass is 32.1. The van der Waals surface area contributed by atoms with E-state index in [1.807, 2.05) is 37.4 Å². The Bertz CT molecular complexity index is 551. The van der Waals surface area contributed by atoms with Gasteiger partial charge in [0.05, 0.1) is 6.10 Å². The molecule has 0 bridgehead atoms. The van der Waals surface area contributed by atoms with Gasteiger partial charge in [0.15, 0.2) is 0 Å². The van der Waals surface area contributed by atoms with E-state index in [-0.39, 0.29) is 12.1 Å². The van der Waals surface area contributed by atoms with E-state index in [1.54, 1.807) is 11.3 Å². The Balaban J connectivity index is 1.98. The fourth-order valence-corrected chi connectivity index (χ4v) is 2.74. The van der Waals surface area contributed by atoms with Gasteiger partial charge in [-0.15, -0.1) is 11.3 Å². The van der Waals surface area contributed by atoms with E-state index < -0.39 is 0 Å². The molecule has 0 aliphatic carbocycles. The maximum Gasteiger partial charge on any atom is 0.120 e. The number of nitrogens with two attached hydrogens (primary N) is 1. The maximum atomic E-state index is 5.89. The van der Waals surface area contributed by atoms with Gasteiger partial charge in [0.2, 0.25) is 0 Å². The van der Waals surface area contributed by atoms with Gasteiger partial charge in [-0.2, -0.15) is 0 Å². The summed E-state index contributed by atoms with van der Waals surface area (Å²) in [5.74, 6) is 0.918. The van der Waals surface area contributed by atoms with Crippen molar-refractivity contribution in [1.29, 1.82) is 0 Å². The summed E-state index contributed by atoms with van der Waals surface area (Å²) in [5, 5.41) is 5.52. The van der Waals surface area contributed by atoms with Crippen molar-refractivity contribution in [3.63, 3.8) is 0 Å². The Morgan fingerprint density at radius 1 is 1.25 bits per heavy atom. The summed E-state index contributed by atoms with van der Waals surface area (Å²) < 4.78 is 5.73. The lowest BCUT2D eigenvalue weighted by Gasteiger charge is -2.16. The van der Waals surface area contributed by atoms with Crippen LogP contribution in [0.3, 0.4) is 0 Å². The molecule has 0 radical (unpaired) electrons. The number of rotatable bonds is 6. The van der Waals surface area contributed by atoms with Crippen LogP contribution in [-0.4, -0.2) is 6.10 Å². The molecule has 1 heterocycles.